The van der Waals surface area contributed by atoms with E-state index in [2.05, 4.69) is 26.7 Å². The lowest BCUT2D eigenvalue weighted by molar-refractivity contribution is 0.132. The highest BCUT2D eigenvalue weighted by Crippen LogP contribution is 2.51. The van der Waals surface area contributed by atoms with Gasteiger partial charge in [-0.25, -0.2) is 0 Å². The summed E-state index contributed by atoms with van der Waals surface area (Å²) in [5, 5.41) is 0. The highest BCUT2D eigenvalue weighted by Gasteiger charge is 2.40. The Morgan fingerprint density at radius 2 is 1.19 bits per heavy atom. The van der Waals surface area contributed by atoms with Gasteiger partial charge in [0, 0.05) is 0 Å². The lowest BCUT2D eigenvalue weighted by Gasteiger charge is -2.46. The van der Waals surface area contributed by atoms with E-state index in [0.29, 0.717) is 0 Å². The molecule has 0 bridgehead atoms. The lowest BCUT2D eigenvalue weighted by Crippen LogP contribution is -2.35. The van der Waals surface area contributed by atoms with Gasteiger partial charge >= 0.3 is 0 Å². The molecule has 0 aromatic heterocycles. The Balaban J connectivity index is 1.65. The van der Waals surface area contributed by atoms with Crippen LogP contribution in [0.5, 0.6) is 0 Å². The molecule has 0 aliphatic heterocycles. The van der Waals surface area contributed by atoms with E-state index in [-0.39, 0.29) is 0 Å². The van der Waals surface area contributed by atoms with Gasteiger partial charge in [0.05, 0.1) is 0 Å². The van der Waals surface area contributed by atoms with Crippen molar-refractivity contribution >= 4 is 0 Å². The molecule has 1 radical (unpaired) electrons. The van der Waals surface area contributed by atoms with Crippen molar-refractivity contribution in [1.82, 2.24) is 0 Å². The zero-order valence-electron chi connectivity index (χ0n) is 14.7. The van der Waals surface area contributed by atoms with Crippen molar-refractivity contribution in [2.45, 2.75) is 91.4 Å². The average Bonchev–Trinajstić information content (AvgIpc) is 2.49. The summed E-state index contributed by atoms with van der Waals surface area (Å²) in [6, 6.07) is 0. The third-order valence-corrected chi connectivity index (χ3v) is 7.23. The first-order chi connectivity index (χ1) is 10.1. The van der Waals surface area contributed by atoms with Crippen molar-refractivity contribution in [2.75, 3.05) is 0 Å². The Kier molecular flexibility index (Phi) is 5.33. The van der Waals surface area contributed by atoms with Gasteiger partial charge in [-0.2, -0.15) is 0 Å². The minimum absolute atomic E-state index is 0.987. The molecule has 3 aliphatic carbocycles. The molecule has 2 unspecified atom stereocenters. The van der Waals surface area contributed by atoms with Crippen LogP contribution in [0, 0.1) is 41.4 Å². The monoisotopic (exact) mass is 289 g/mol. The molecule has 0 saturated heterocycles. The highest BCUT2D eigenvalue weighted by molar-refractivity contribution is 5.08. The summed E-state index contributed by atoms with van der Waals surface area (Å²) in [7, 11) is 0. The number of rotatable bonds is 2. The van der Waals surface area contributed by atoms with Crippen molar-refractivity contribution in [2.24, 2.45) is 35.5 Å². The fourth-order valence-corrected chi connectivity index (χ4v) is 5.62. The van der Waals surface area contributed by atoms with Gasteiger partial charge in [0.25, 0.3) is 0 Å². The Hall–Kier alpha value is 0. The fourth-order valence-electron chi connectivity index (χ4n) is 5.62. The van der Waals surface area contributed by atoms with Crippen LogP contribution in [0.25, 0.3) is 0 Å². The zero-order chi connectivity index (χ0) is 14.8. The summed E-state index contributed by atoms with van der Waals surface area (Å²) in [5.74, 6) is 8.12. The van der Waals surface area contributed by atoms with E-state index in [1.165, 1.54) is 70.6 Å². The molecule has 0 heterocycles. The van der Waals surface area contributed by atoms with Crippen molar-refractivity contribution < 1.29 is 0 Å². The molecular formula is C21H37. The summed E-state index contributed by atoms with van der Waals surface area (Å²) < 4.78 is 0. The first kappa shape index (κ1) is 15.9. The molecule has 21 heavy (non-hydrogen) atoms. The Bertz CT molecular complexity index is 304. The van der Waals surface area contributed by atoms with Gasteiger partial charge in [0.2, 0.25) is 0 Å². The van der Waals surface area contributed by atoms with Gasteiger partial charge in [0.15, 0.2) is 0 Å². The standard InChI is InChI=1S/C21H37/c1-15-4-9-18(10-5-15)20-13-8-17(3)14-21(20)19-11-6-16(2)7-12-19/h15-19,21H,4-14H2,1-3H3. The largest absolute Gasteiger partial charge is 0.0625 e. The molecule has 0 amide bonds. The van der Waals surface area contributed by atoms with Gasteiger partial charge in [-0.1, -0.05) is 52.9 Å². The lowest BCUT2D eigenvalue weighted by atomic mass is 9.59. The number of hydrogen-bond acceptors (Lipinski definition) is 0. The Labute approximate surface area is 133 Å². The number of hydrogen-bond donors (Lipinski definition) is 0. The van der Waals surface area contributed by atoms with Crippen LogP contribution < -0.4 is 0 Å². The van der Waals surface area contributed by atoms with E-state index in [1.807, 2.05) is 0 Å². The van der Waals surface area contributed by atoms with Crippen LogP contribution in [0.3, 0.4) is 0 Å². The maximum absolute atomic E-state index is 2.51. The molecular weight excluding hydrogens is 252 g/mol. The van der Waals surface area contributed by atoms with Gasteiger partial charge in [-0.05, 0) is 80.0 Å². The van der Waals surface area contributed by atoms with Gasteiger partial charge < -0.3 is 0 Å². The molecule has 0 N–H and O–H groups in total. The normalized spacial score (nSPS) is 46.4. The molecule has 0 aromatic carbocycles. The molecule has 2 atom stereocenters. The van der Waals surface area contributed by atoms with Crippen LogP contribution in [-0.4, -0.2) is 0 Å². The quantitative estimate of drug-likeness (QED) is 0.534. The smallest absolute Gasteiger partial charge is 0.0176 e. The second kappa shape index (κ2) is 7.05. The third kappa shape index (κ3) is 3.85. The second-order valence-electron chi connectivity index (χ2n) is 9.04. The van der Waals surface area contributed by atoms with Crippen molar-refractivity contribution in [3.05, 3.63) is 5.92 Å². The topological polar surface area (TPSA) is 0 Å². The summed E-state index contributed by atoms with van der Waals surface area (Å²) in [6.45, 7) is 7.44. The van der Waals surface area contributed by atoms with Crippen molar-refractivity contribution in [3.8, 4) is 0 Å². The molecule has 3 fully saturated rings. The van der Waals surface area contributed by atoms with E-state index in [1.54, 1.807) is 0 Å². The second-order valence-corrected chi connectivity index (χ2v) is 9.04. The van der Waals surface area contributed by atoms with Gasteiger partial charge in [-0.15, -0.1) is 0 Å². The molecule has 3 aliphatic rings. The van der Waals surface area contributed by atoms with Crippen LogP contribution >= 0.6 is 0 Å². The van der Waals surface area contributed by atoms with Crippen molar-refractivity contribution in [3.63, 3.8) is 0 Å². The van der Waals surface area contributed by atoms with Crippen LogP contribution in [0.1, 0.15) is 91.4 Å². The SMILES string of the molecule is CC1CCC([C]2CCC(C)CC2C2CCC(C)CC2)CC1. The van der Waals surface area contributed by atoms with E-state index in [4.69, 9.17) is 0 Å². The average molecular weight is 290 g/mol. The first-order valence-electron chi connectivity index (χ1n) is 9.99. The molecule has 0 aromatic rings. The molecule has 121 valence electrons. The van der Waals surface area contributed by atoms with Crippen LogP contribution in [0.4, 0.5) is 0 Å². The third-order valence-electron chi connectivity index (χ3n) is 7.23. The van der Waals surface area contributed by atoms with E-state index < -0.39 is 0 Å². The fraction of sp³-hybridized carbons (Fsp3) is 0.952. The molecule has 3 rings (SSSR count). The highest BCUT2D eigenvalue weighted by atomic mass is 14.4. The molecule has 0 nitrogen and oxygen atoms in total. The first-order valence-corrected chi connectivity index (χ1v) is 9.99. The van der Waals surface area contributed by atoms with Crippen LogP contribution in [0.2, 0.25) is 0 Å². The zero-order valence-corrected chi connectivity index (χ0v) is 14.7. The maximum atomic E-state index is 2.51. The summed E-state index contributed by atoms with van der Waals surface area (Å²) in [4.78, 5) is 0. The minimum atomic E-state index is 0.987. The summed E-state index contributed by atoms with van der Waals surface area (Å²) in [6.07, 6.45) is 16.6. The predicted octanol–water partition coefficient (Wildman–Crippen LogP) is 6.65. The van der Waals surface area contributed by atoms with Crippen LogP contribution in [-0.2, 0) is 0 Å². The molecule has 3 saturated carbocycles. The van der Waals surface area contributed by atoms with Gasteiger partial charge in [-0.3, -0.25) is 0 Å². The predicted molar refractivity (Wildman–Crippen MR) is 92.0 cm³/mol. The minimum Gasteiger partial charge on any atom is -0.0625 e. The van der Waals surface area contributed by atoms with Crippen molar-refractivity contribution in [1.29, 1.82) is 0 Å². The van der Waals surface area contributed by atoms with E-state index >= 15 is 0 Å². The van der Waals surface area contributed by atoms with Gasteiger partial charge in [0.1, 0.15) is 0 Å². The molecule has 0 heteroatoms. The Morgan fingerprint density at radius 3 is 1.81 bits per heavy atom. The van der Waals surface area contributed by atoms with E-state index in [9.17, 15) is 0 Å². The Morgan fingerprint density at radius 1 is 0.619 bits per heavy atom. The summed E-state index contributed by atoms with van der Waals surface area (Å²) in [5.41, 5.74) is 0. The maximum Gasteiger partial charge on any atom is -0.0176 e. The molecule has 0 spiro atoms. The van der Waals surface area contributed by atoms with Crippen LogP contribution in [0.15, 0.2) is 0 Å². The van der Waals surface area contributed by atoms with E-state index in [0.717, 1.165) is 35.5 Å². The summed E-state index contributed by atoms with van der Waals surface area (Å²) >= 11 is 0.